The molecule has 8 N–H and O–H groups in total. The molecule has 2 aromatic carbocycles. The third-order valence-corrected chi connectivity index (χ3v) is 18.4. The highest BCUT2D eigenvalue weighted by atomic mass is 79.9. The molecule has 10 aliphatic rings. The third-order valence-electron chi connectivity index (χ3n) is 17.8. The van der Waals surface area contributed by atoms with E-state index in [0.717, 1.165) is 119 Å². The summed E-state index contributed by atoms with van der Waals surface area (Å²) < 4.78 is 48.9. The number of imidazole rings is 2. The van der Waals surface area contributed by atoms with Crippen molar-refractivity contribution in [1.82, 2.24) is 38.7 Å². The van der Waals surface area contributed by atoms with Gasteiger partial charge in [-0.25, -0.2) is 28.1 Å². The van der Waals surface area contributed by atoms with Crippen LogP contribution in [-0.4, -0.2) is 95.3 Å². The van der Waals surface area contributed by atoms with E-state index in [9.17, 15) is 34.4 Å². The number of amides is 2. The predicted octanol–water partition coefficient (Wildman–Crippen LogP) is 8.74. The molecule has 4 saturated carbocycles. The monoisotopic (exact) mass is 1170 g/mol. The highest BCUT2D eigenvalue weighted by Gasteiger charge is 2.46. The van der Waals surface area contributed by atoms with E-state index in [1.165, 1.54) is 6.07 Å². The number of rotatable bonds is 8. The summed E-state index contributed by atoms with van der Waals surface area (Å²) >= 11 is 3.27. The molecular weight excluding hydrogens is 1110 g/mol. The van der Waals surface area contributed by atoms with Crippen LogP contribution in [0.5, 0.6) is 0 Å². The van der Waals surface area contributed by atoms with Gasteiger partial charge in [0.15, 0.2) is 23.8 Å². The Morgan fingerprint density at radius 3 is 1.57 bits per heavy atom. The first kappa shape index (κ1) is 55.0. The zero-order chi connectivity index (χ0) is 56.5. The van der Waals surface area contributed by atoms with Crippen molar-refractivity contribution >= 4 is 27.7 Å². The van der Waals surface area contributed by atoms with Crippen LogP contribution in [0.3, 0.4) is 0 Å². The number of hydrogen-bond acceptors (Lipinski definition) is 12. The summed E-state index contributed by atoms with van der Waals surface area (Å²) in [5.74, 6) is 7.25. The Bertz CT molecular complexity index is 3520. The summed E-state index contributed by atoms with van der Waals surface area (Å²) in [5, 5.41) is 52.2. The molecule has 18 nitrogen and oxygen atoms in total. The first-order valence-corrected chi connectivity index (χ1v) is 29.1. The SMILES string of the molecule is C#CC1(O)CCCC1.NC(=O)c1nc2n(c1C(O)c1ccnn1C1CCCCO1)C1CC(C1)c1cc(F)c(Br)cc1-2.NC(=O)c1nc2n(c1C(O)c1ccnn1C1CCCCO1)C1CC(C1)c1cc(F)c(C#CC3(O)CCCC3)cc1-2. The molecule has 424 valence electrons. The summed E-state index contributed by atoms with van der Waals surface area (Å²) in [6.45, 7) is 1.26. The summed E-state index contributed by atoms with van der Waals surface area (Å²) in [5.41, 5.74) is 14.7. The fourth-order valence-corrected chi connectivity index (χ4v) is 13.7. The maximum Gasteiger partial charge on any atom is 0.269 e. The minimum absolute atomic E-state index is 0.0200. The number of hydrogen-bond donors (Lipinski definition) is 6. The molecule has 4 atom stereocenters. The number of aliphatic hydroxyl groups is 4. The van der Waals surface area contributed by atoms with E-state index in [-0.39, 0.29) is 59.1 Å². The molecule has 4 aromatic heterocycles. The van der Waals surface area contributed by atoms with Crippen molar-refractivity contribution in [1.29, 1.82) is 0 Å². The summed E-state index contributed by atoms with van der Waals surface area (Å²) in [4.78, 5) is 34.4. The van der Waals surface area contributed by atoms with Crippen LogP contribution in [0.25, 0.3) is 22.8 Å². The number of primary amides is 2. The van der Waals surface area contributed by atoms with Crippen molar-refractivity contribution in [2.45, 2.75) is 175 Å². The first-order valence-electron chi connectivity index (χ1n) is 28.3. The number of ether oxygens (including phenoxy) is 2. The van der Waals surface area contributed by atoms with E-state index in [4.69, 9.17) is 27.4 Å². The van der Waals surface area contributed by atoms with Gasteiger partial charge in [-0.3, -0.25) is 9.59 Å². The second-order valence-electron chi connectivity index (χ2n) is 22.9. The summed E-state index contributed by atoms with van der Waals surface area (Å²) in [7, 11) is 0. The molecule has 81 heavy (non-hydrogen) atoms. The number of benzene rings is 2. The summed E-state index contributed by atoms with van der Waals surface area (Å²) in [6.07, 6.45) is 20.6. The molecule has 6 aromatic rings. The van der Waals surface area contributed by atoms with Crippen molar-refractivity contribution < 1.29 is 48.3 Å². The van der Waals surface area contributed by atoms with Gasteiger partial charge in [-0.2, -0.15) is 10.2 Å². The van der Waals surface area contributed by atoms with Gasteiger partial charge in [-0.05, 0) is 191 Å². The number of nitrogens with zero attached hydrogens (tertiary/aromatic N) is 8. The van der Waals surface area contributed by atoms with Gasteiger partial charge in [0.2, 0.25) is 0 Å². The van der Waals surface area contributed by atoms with Crippen LogP contribution >= 0.6 is 15.9 Å². The second kappa shape index (κ2) is 22.0. The zero-order valence-corrected chi connectivity index (χ0v) is 46.3. The molecule has 0 radical (unpaired) electrons. The van der Waals surface area contributed by atoms with Crippen molar-refractivity contribution in [3.8, 4) is 47.0 Å². The molecule has 2 saturated heterocycles. The van der Waals surface area contributed by atoms with Gasteiger partial charge >= 0.3 is 0 Å². The Labute approximate surface area is 475 Å². The number of aliphatic hydroxyl groups excluding tert-OH is 2. The van der Waals surface area contributed by atoms with Gasteiger partial charge in [0, 0.05) is 48.8 Å². The number of carbonyl (C=O) groups excluding carboxylic acids is 2. The number of aromatic nitrogens is 8. The fourth-order valence-electron chi connectivity index (χ4n) is 13.4. The predicted molar refractivity (Wildman–Crippen MR) is 295 cm³/mol. The van der Waals surface area contributed by atoms with E-state index in [1.54, 1.807) is 52.1 Å². The van der Waals surface area contributed by atoms with Gasteiger partial charge in [0.05, 0.1) is 32.8 Å². The third kappa shape index (κ3) is 10.1. The molecule has 0 spiro atoms. The number of terminal acetylenes is 1. The van der Waals surface area contributed by atoms with Crippen LogP contribution in [0.4, 0.5) is 8.78 Å². The highest BCUT2D eigenvalue weighted by Crippen LogP contribution is 2.56. The van der Waals surface area contributed by atoms with Crippen LogP contribution in [0.1, 0.15) is 225 Å². The lowest BCUT2D eigenvalue weighted by molar-refractivity contribution is -0.0439. The molecule has 6 aliphatic heterocycles. The van der Waals surface area contributed by atoms with Gasteiger partial charge in [-0.15, -0.1) is 6.42 Å². The number of carbonyl (C=O) groups is 2. The van der Waals surface area contributed by atoms with Crippen LogP contribution < -0.4 is 11.5 Å². The number of nitrogens with two attached hydrogens (primary N) is 2. The lowest BCUT2D eigenvalue weighted by Crippen LogP contribution is -2.28. The van der Waals surface area contributed by atoms with Crippen LogP contribution in [0.2, 0.25) is 0 Å². The summed E-state index contributed by atoms with van der Waals surface area (Å²) in [6, 6.07) is 9.87. The molecule has 4 unspecified atom stereocenters. The van der Waals surface area contributed by atoms with E-state index in [2.05, 4.69) is 53.9 Å². The molecule has 4 bridgehead atoms. The topological polar surface area (TPSA) is 257 Å². The lowest BCUT2D eigenvalue weighted by Gasteiger charge is -2.36. The van der Waals surface area contributed by atoms with Crippen molar-refractivity contribution in [2.24, 2.45) is 11.5 Å². The fraction of sp³-hybridized carbons (Fsp3) is 0.500. The van der Waals surface area contributed by atoms with E-state index >= 15 is 4.39 Å². The maximum absolute atomic E-state index is 15.3. The lowest BCUT2D eigenvalue weighted by atomic mass is 9.75. The van der Waals surface area contributed by atoms with Gasteiger partial charge in [-0.1, -0.05) is 17.8 Å². The largest absolute Gasteiger partial charge is 0.380 e. The van der Waals surface area contributed by atoms with Crippen LogP contribution in [-0.2, 0) is 9.47 Å². The van der Waals surface area contributed by atoms with Crippen molar-refractivity contribution in [3.05, 3.63) is 116 Å². The van der Waals surface area contributed by atoms with E-state index < -0.39 is 41.0 Å². The smallest absolute Gasteiger partial charge is 0.269 e. The number of halogens is 3. The van der Waals surface area contributed by atoms with Gasteiger partial charge < -0.3 is 50.5 Å². The average molecular weight is 1170 g/mol. The Morgan fingerprint density at radius 1 is 0.679 bits per heavy atom. The van der Waals surface area contributed by atoms with E-state index in [1.807, 2.05) is 9.13 Å². The average Bonchev–Trinajstić information content (AvgIpc) is 4.49. The normalized spacial score (nSPS) is 24.8. The van der Waals surface area contributed by atoms with Gasteiger partial charge in [0.25, 0.3) is 11.8 Å². The Balaban J connectivity index is 0.000000143. The second-order valence-corrected chi connectivity index (χ2v) is 23.8. The Kier molecular flexibility index (Phi) is 14.9. The maximum atomic E-state index is 15.3. The quantitative estimate of drug-likeness (QED) is 0.0782. The van der Waals surface area contributed by atoms with Gasteiger partial charge in [0.1, 0.15) is 46.7 Å². The standard InChI is InChI=1S/C30H32FN5O4.C23H23BrFN5O3.C7H10O/c31-22-16-20-18-13-19(14-18)35-26(27(37)23-7-11-33-36(23)24-5-1-4-12-40-24)25(28(32)38)34-29(35)21(20)15-17(22)6-10-30(39)8-2-3-9-30;24-15-9-14-13(10-16(15)25)11-7-12(8-11)29-20(19(22(26)32)28-23(14)29)21(31)17-4-5-27-30(17)18-3-1-2-6-33-18;1-2-7(8)5-3-4-6-7/h7,11,15-16,18-19,24,27,37,39H,1-5,8-9,12-14H2,(H2,32,38);4-5,9-12,18,21,31H,1-3,6-8H2,(H2,26,32);1,8H,3-6H2. The zero-order valence-electron chi connectivity index (χ0n) is 44.7. The molecule has 2 amide bonds. The molecule has 10 heterocycles. The molecular formula is C60H65BrF2N10O8. The van der Waals surface area contributed by atoms with E-state index in [0.29, 0.717) is 70.5 Å². The van der Waals surface area contributed by atoms with Crippen LogP contribution in [0.15, 0.2) is 53.3 Å². The highest BCUT2D eigenvalue weighted by molar-refractivity contribution is 9.10. The minimum atomic E-state index is -1.23. The molecule has 16 rings (SSSR count). The molecule has 6 fully saturated rings. The molecule has 21 heteroatoms. The minimum Gasteiger partial charge on any atom is -0.380 e. The van der Waals surface area contributed by atoms with Crippen molar-refractivity contribution in [3.63, 3.8) is 0 Å². The van der Waals surface area contributed by atoms with Crippen LogP contribution in [0, 0.1) is 35.8 Å². The Morgan fingerprint density at radius 2 is 1.14 bits per heavy atom. The molecule has 4 aliphatic carbocycles. The first-order chi connectivity index (χ1) is 39.0. The van der Waals surface area contributed by atoms with Crippen molar-refractivity contribution in [2.75, 3.05) is 13.2 Å². The Hall–Kier alpha value is -6.56.